The van der Waals surface area contributed by atoms with Crippen molar-refractivity contribution in [1.29, 1.82) is 0 Å². The molecule has 1 rings (SSSR count). The summed E-state index contributed by atoms with van der Waals surface area (Å²) in [6, 6.07) is 1.90. The predicted octanol–water partition coefficient (Wildman–Crippen LogP) is 1.23. The van der Waals surface area contributed by atoms with Gasteiger partial charge < -0.3 is 10.5 Å². The Morgan fingerprint density at radius 2 is 2.20 bits per heavy atom. The van der Waals surface area contributed by atoms with E-state index in [1.54, 1.807) is 0 Å². The Balaban J connectivity index is 3.45. The number of hydrogen-bond acceptors (Lipinski definition) is 5. The smallest absolute Gasteiger partial charge is 0.338 e. The number of nitrogens with one attached hydrogen (secondary N) is 1. The number of halogens is 1. The summed E-state index contributed by atoms with van der Waals surface area (Å²) in [6.45, 7) is 0. The van der Waals surface area contributed by atoms with Gasteiger partial charge in [0.05, 0.1) is 21.2 Å². The normalized spacial score (nSPS) is 9.73. The molecule has 0 bridgehead atoms. The van der Waals surface area contributed by atoms with Crippen molar-refractivity contribution in [1.82, 2.24) is 0 Å². The molecule has 0 heterocycles. The van der Waals surface area contributed by atoms with E-state index in [4.69, 9.17) is 22.6 Å². The highest BCUT2D eigenvalue weighted by atomic mass is 35.5. The van der Waals surface area contributed by atoms with Crippen LogP contribution in [-0.2, 0) is 0 Å². The van der Waals surface area contributed by atoms with E-state index in [0.29, 0.717) is 0 Å². The molecule has 1 aromatic carbocycles. The van der Waals surface area contributed by atoms with Crippen molar-refractivity contribution in [3.63, 3.8) is 0 Å². The van der Waals surface area contributed by atoms with Crippen molar-refractivity contribution < 1.29 is 14.8 Å². The number of benzene rings is 1. The van der Waals surface area contributed by atoms with Crippen LogP contribution in [0.15, 0.2) is 12.1 Å². The molecule has 0 saturated heterocycles. The molecule has 4 N–H and O–H groups in total. The molecule has 15 heavy (non-hydrogen) atoms. The lowest BCUT2D eigenvalue weighted by Gasteiger charge is -2.06. The predicted molar refractivity (Wildman–Crippen MR) is 52.9 cm³/mol. The minimum Gasteiger partial charge on any atom is -0.478 e. The van der Waals surface area contributed by atoms with Gasteiger partial charge in [0.2, 0.25) is 0 Å². The Bertz CT molecular complexity index is 434. The average Bonchev–Trinajstić information content (AvgIpc) is 2.16. The van der Waals surface area contributed by atoms with Gasteiger partial charge in [0, 0.05) is 12.1 Å². The minimum absolute atomic E-state index is 0.0604. The van der Waals surface area contributed by atoms with Crippen molar-refractivity contribution in [3.8, 4) is 0 Å². The van der Waals surface area contributed by atoms with Crippen LogP contribution in [0.4, 0.5) is 11.4 Å². The second kappa shape index (κ2) is 4.11. The summed E-state index contributed by atoms with van der Waals surface area (Å²) in [5, 5.41) is 19.1. The van der Waals surface area contributed by atoms with Crippen LogP contribution in [0.1, 0.15) is 10.4 Å². The van der Waals surface area contributed by atoms with Crippen molar-refractivity contribution in [3.05, 3.63) is 32.8 Å². The van der Waals surface area contributed by atoms with Crippen molar-refractivity contribution in [2.45, 2.75) is 0 Å². The standard InChI is InChI=1S/C7H6ClN3O4/c8-5-2-3(11(14)15)1-4(7(12)13)6(5)10-9/h1-2,10H,9H2,(H,12,13). The number of carboxylic acid groups (broad SMARTS) is 1. The molecule has 0 spiro atoms. The van der Waals surface area contributed by atoms with E-state index in [0.717, 1.165) is 12.1 Å². The zero-order chi connectivity index (χ0) is 11.6. The molecule has 80 valence electrons. The molecule has 1 aromatic rings. The molecule has 7 nitrogen and oxygen atoms in total. The summed E-state index contributed by atoms with van der Waals surface area (Å²) >= 11 is 5.61. The van der Waals surface area contributed by atoms with Crippen LogP contribution < -0.4 is 11.3 Å². The highest BCUT2D eigenvalue weighted by Crippen LogP contribution is 2.30. The molecule has 0 aliphatic carbocycles. The van der Waals surface area contributed by atoms with Gasteiger partial charge in [-0.25, -0.2) is 4.79 Å². The fourth-order valence-corrected chi connectivity index (χ4v) is 1.28. The van der Waals surface area contributed by atoms with Crippen molar-refractivity contribution in [2.75, 3.05) is 5.43 Å². The van der Waals surface area contributed by atoms with Gasteiger partial charge in [0.1, 0.15) is 0 Å². The number of nitrogens with two attached hydrogens (primary N) is 1. The number of nitrogen functional groups attached to an aromatic ring is 1. The maximum atomic E-state index is 10.7. The number of rotatable bonds is 3. The molecule has 0 saturated carbocycles. The maximum Gasteiger partial charge on any atom is 0.338 e. The minimum atomic E-state index is -1.35. The largest absolute Gasteiger partial charge is 0.478 e. The third-order valence-electron chi connectivity index (χ3n) is 1.66. The first-order chi connectivity index (χ1) is 6.97. The Kier molecular flexibility index (Phi) is 3.08. The quantitative estimate of drug-likeness (QED) is 0.409. The molecule has 0 fully saturated rings. The van der Waals surface area contributed by atoms with E-state index in [-0.39, 0.29) is 16.3 Å². The summed E-state index contributed by atoms with van der Waals surface area (Å²) in [7, 11) is 0. The van der Waals surface area contributed by atoms with Gasteiger partial charge in [0.25, 0.3) is 5.69 Å². The SMILES string of the molecule is NNc1c(Cl)cc([N+](=O)[O-])cc1C(=O)O. The molecule has 0 amide bonds. The molecule has 0 aliphatic heterocycles. The fourth-order valence-electron chi connectivity index (χ4n) is 1.01. The molecular formula is C7H6ClN3O4. The third kappa shape index (κ3) is 2.14. The van der Waals surface area contributed by atoms with Gasteiger partial charge in [0.15, 0.2) is 0 Å². The first kappa shape index (κ1) is 11.2. The Labute approximate surface area is 88.6 Å². The van der Waals surface area contributed by atoms with Crippen molar-refractivity contribution >= 4 is 28.9 Å². The highest BCUT2D eigenvalue weighted by molar-refractivity contribution is 6.34. The van der Waals surface area contributed by atoms with E-state index in [1.165, 1.54) is 0 Å². The van der Waals surface area contributed by atoms with E-state index < -0.39 is 16.6 Å². The van der Waals surface area contributed by atoms with Crippen LogP contribution in [0.25, 0.3) is 0 Å². The lowest BCUT2D eigenvalue weighted by molar-refractivity contribution is -0.384. The molecule has 0 aromatic heterocycles. The zero-order valence-corrected chi connectivity index (χ0v) is 7.99. The van der Waals surface area contributed by atoms with Gasteiger partial charge in [-0.15, -0.1) is 0 Å². The molecule has 0 radical (unpaired) electrons. The molecule has 8 heteroatoms. The number of nitro benzene ring substituents is 1. The lowest BCUT2D eigenvalue weighted by atomic mass is 10.1. The van der Waals surface area contributed by atoms with Crippen LogP contribution in [0.2, 0.25) is 5.02 Å². The Morgan fingerprint density at radius 1 is 1.60 bits per heavy atom. The van der Waals surface area contributed by atoms with Gasteiger partial charge in [-0.2, -0.15) is 0 Å². The fraction of sp³-hybridized carbons (Fsp3) is 0. The highest BCUT2D eigenvalue weighted by Gasteiger charge is 2.19. The number of hydrogen-bond donors (Lipinski definition) is 3. The van der Waals surface area contributed by atoms with E-state index in [9.17, 15) is 14.9 Å². The summed E-state index contributed by atoms with van der Waals surface area (Å²) in [5.74, 6) is 3.69. The first-order valence-electron chi connectivity index (χ1n) is 3.65. The van der Waals surface area contributed by atoms with E-state index in [2.05, 4.69) is 5.43 Å². The van der Waals surface area contributed by atoms with Gasteiger partial charge in [-0.1, -0.05) is 11.6 Å². The number of carboxylic acids is 1. The summed E-state index contributed by atoms with van der Waals surface area (Å²) in [6.07, 6.45) is 0. The average molecular weight is 232 g/mol. The number of anilines is 1. The number of nitrogens with zero attached hydrogens (tertiary/aromatic N) is 1. The van der Waals surface area contributed by atoms with Crippen LogP contribution >= 0.6 is 11.6 Å². The molecular weight excluding hydrogens is 226 g/mol. The molecule has 0 atom stereocenters. The second-order valence-corrected chi connectivity index (χ2v) is 2.96. The molecule has 0 aliphatic rings. The monoisotopic (exact) mass is 231 g/mol. The topological polar surface area (TPSA) is 118 Å². The van der Waals surface area contributed by atoms with Gasteiger partial charge in [-0.05, 0) is 0 Å². The Hall–Kier alpha value is -1.86. The number of nitro groups is 1. The number of aromatic carboxylic acids is 1. The van der Waals surface area contributed by atoms with Gasteiger partial charge >= 0.3 is 5.97 Å². The van der Waals surface area contributed by atoms with Crippen LogP contribution in [0.5, 0.6) is 0 Å². The second-order valence-electron chi connectivity index (χ2n) is 2.56. The van der Waals surface area contributed by atoms with Crippen molar-refractivity contribution in [2.24, 2.45) is 5.84 Å². The summed E-state index contributed by atoms with van der Waals surface area (Å²) in [4.78, 5) is 20.4. The third-order valence-corrected chi connectivity index (χ3v) is 1.96. The number of carbonyl (C=O) groups is 1. The molecule has 0 unspecified atom stereocenters. The number of hydrazine groups is 1. The van der Waals surface area contributed by atoms with E-state index >= 15 is 0 Å². The van der Waals surface area contributed by atoms with Crippen LogP contribution in [0, 0.1) is 10.1 Å². The lowest BCUT2D eigenvalue weighted by Crippen LogP contribution is -2.12. The Morgan fingerprint density at radius 3 is 2.60 bits per heavy atom. The summed E-state index contributed by atoms with van der Waals surface area (Å²) in [5.41, 5.74) is 1.26. The van der Waals surface area contributed by atoms with Crippen LogP contribution in [-0.4, -0.2) is 16.0 Å². The van der Waals surface area contributed by atoms with Crippen LogP contribution in [0.3, 0.4) is 0 Å². The first-order valence-corrected chi connectivity index (χ1v) is 4.03. The number of non-ortho nitro benzene ring substituents is 1. The summed E-state index contributed by atoms with van der Waals surface area (Å²) < 4.78 is 0. The van der Waals surface area contributed by atoms with Gasteiger partial charge in [-0.3, -0.25) is 16.0 Å². The maximum absolute atomic E-state index is 10.7. The van der Waals surface area contributed by atoms with E-state index in [1.807, 2.05) is 0 Å². The zero-order valence-electron chi connectivity index (χ0n) is 7.23.